The molecule has 1 atom stereocenters. The largest absolute Gasteiger partial charge is 0.423 e. The second kappa shape index (κ2) is 8.00. The number of hydrogen-bond donors (Lipinski definition) is 0. The molecule has 3 rings (SSSR count). The third kappa shape index (κ3) is 4.86. The number of nitriles is 1. The number of anilines is 1. The minimum atomic E-state index is -4.66. The Hall–Kier alpha value is -2.64. The number of rotatable bonds is 5. The van der Waals surface area contributed by atoms with Crippen LogP contribution in [0.4, 0.5) is 18.9 Å². The van der Waals surface area contributed by atoms with E-state index in [-0.39, 0.29) is 6.54 Å². The Labute approximate surface area is 171 Å². The van der Waals surface area contributed by atoms with Crippen LogP contribution in [0.1, 0.15) is 11.1 Å². The standard InChI is InChI=1S/C19H16F3N3O2S2/c1-29(26,27)25-13-17(19(20,21)22)28-18(25)24(12-15-5-3-2-4-6-15)16-9-7-14(11-23)8-10-16/h2-10,13,18H,12H2,1H3. The third-order valence-corrected chi connectivity index (χ3v) is 6.63. The Morgan fingerprint density at radius 1 is 1.14 bits per heavy atom. The van der Waals surface area contributed by atoms with E-state index in [1.54, 1.807) is 41.3 Å². The van der Waals surface area contributed by atoms with Crippen molar-refractivity contribution in [2.24, 2.45) is 0 Å². The van der Waals surface area contributed by atoms with Crippen molar-refractivity contribution in [3.63, 3.8) is 0 Å². The van der Waals surface area contributed by atoms with Crippen molar-refractivity contribution < 1.29 is 21.6 Å². The van der Waals surface area contributed by atoms with Gasteiger partial charge in [-0.15, -0.1) is 0 Å². The predicted octanol–water partition coefficient (Wildman–Crippen LogP) is 4.26. The summed E-state index contributed by atoms with van der Waals surface area (Å²) in [6.07, 6.45) is -3.16. The number of sulfonamides is 1. The first-order valence-electron chi connectivity index (χ1n) is 8.34. The van der Waals surface area contributed by atoms with Crippen LogP contribution in [0.2, 0.25) is 0 Å². The highest BCUT2D eigenvalue weighted by atomic mass is 32.2. The molecular formula is C19H16F3N3O2S2. The summed E-state index contributed by atoms with van der Waals surface area (Å²) in [5.41, 5.74) is 0.526. The van der Waals surface area contributed by atoms with E-state index >= 15 is 0 Å². The normalized spacial score (nSPS) is 17.0. The zero-order valence-electron chi connectivity index (χ0n) is 15.2. The highest BCUT2D eigenvalue weighted by Gasteiger charge is 2.46. The van der Waals surface area contributed by atoms with Crippen LogP contribution < -0.4 is 4.90 Å². The minimum absolute atomic E-state index is 0.176. The maximum absolute atomic E-state index is 13.3. The topological polar surface area (TPSA) is 64.4 Å². The summed E-state index contributed by atoms with van der Waals surface area (Å²) in [4.78, 5) is 0.580. The van der Waals surface area contributed by atoms with Crippen LogP contribution in [0.3, 0.4) is 0 Å². The second-order valence-corrected chi connectivity index (χ2v) is 9.29. The molecule has 2 aromatic rings. The number of nitrogens with zero attached hydrogens (tertiary/aromatic N) is 3. The zero-order chi connectivity index (χ0) is 21.2. The Kier molecular flexibility index (Phi) is 5.82. The molecule has 1 unspecified atom stereocenters. The van der Waals surface area contributed by atoms with Crippen molar-refractivity contribution in [3.05, 3.63) is 76.8 Å². The van der Waals surface area contributed by atoms with Gasteiger partial charge < -0.3 is 4.90 Å². The number of halogens is 3. The van der Waals surface area contributed by atoms with Crippen LogP contribution >= 0.6 is 11.8 Å². The lowest BCUT2D eigenvalue weighted by Gasteiger charge is -2.35. The SMILES string of the molecule is CS(=O)(=O)N1C=C(C(F)(F)F)SC1N(Cc1ccccc1)c1ccc(C#N)cc1. The molecule has 0 aliphatic carbocycles. The average Bonchev–Trinajstić information content (AvgIpc) is 3.13. The fourth-order valence-electron chi connectivity index (χ4n) is 2.78. The predicted molar refractivity (Wildman–Crippen MR) is 106 cm³/mol. The van der Waals surface area contributed by atoms with Crippen molar-refractivity contribution >= 4 is 27.5 Å². The molecule has 29 heavy (non-hydrogen) atoms. The summed E-state index contributed by atoms with van der Waals surface area (Å²) in [5.74, 6) is 0. The molecule has 0 radical (unpaired) electrons. The van der Waals surface area contributed by atoms with Gasteiger partial charge in [0, 0.05) is 18.4 Å². The summed E-state index contributed by atoms with van der Waals surface area (Å²) in [7, 11) is -3.96. The third-order valence-electron chi connectivity index (χ3n) is 4.15. The molecule has 0 fully saturated rings. The van der Waals surface area contributed by atoms with Gasteiger partial charge in [0.15, 0.2) is 5.50 Å². The van der Waals surface area contributed by atoms with Crippen LogP contribution in [-0.2, 0) is 16.6 Å². The molecule has 0 saturated heterocycles. The van der Waals surface area contributed by atoms with Crippen LogP contribution in [-0.4, -0.2) is 30.7 Å². The summed E-state index contributed by atoms with van der Waals surface area (Å²) in [6.45, 7) is 0.176. The van der Waals surface area contributed by atoms with Gasteiger partial charge in [-0.2, -0.15) is 18.4 Å². The Morgan fingerprint density at radius 2 is 1.76 bits per heavy atom. The lowest BCUT2D eigenvalue weighted by Crippen LogP contribution is -2.44. The van der Waals surface area contributed by atoms with Gasteiger partial charge in [-0.25, -0.2) is 12.7 Å². The fraction of sp³-hybridized carbons (Fsp3) is 0.211. The molecule has 152 valence electrons. The molecule has 2 aromatic carbocycles. The molecule has 0 aromatic heterocycles. The molecule has 0 spiro atoms. The molecule has 1 aliphatic rings. The second-order valence-electron chi connectivity index (χ2n) is 6.30. The lowest BCUT2D eigenvalue weighted by atomic mass is 10.2. The minimum Gasteiger partial charge on any atom is -0.337 e. The Bertz CT molecular complexity index is 1050. The van der Waals surface area contributed by atoms with E-state index in [1.165, 1.54) is 12.1 Å². The summed E-state index contributed by atoms with van der Waals surface area (Å²) in [6, 6.07) is 17.2. The molecule has 0 saturated carbocycles. The molecule has 1 heterocycles. The molecule has 0 amide bonds. The molecular weight excluding hydrogens is 423 g/mol. The Morgan fingerprint density at radius 3 is 2.28 bits per heavy atom. The number of allylic oxidation sites excluding steroid dienone is 1. The molecule has 1 aliphatic heterocycles. The van der Waals surface area contributed by atoms with Gasteiger partial charge in [-0.05, 0) is 29.8 Å². The summed E-state index contributed by atoms with van der Waals surface area (Å²) in [5, 5.41) is 9.00. The lowest BCUT2D eigenvalue weighted by molar-refractivity contribution is -0.0837. The number of benzene rings is 2. The highest BCUT2D eigenvalue weighted by molar-refractivity contribution is 8.04. The zero-order valence-corrected chi connectivity index (χ0v) is 16.8. The summed E-state index contributed by atoms with van der Waals surface area (Å²) < 4.78 is 65.2. The van der Waals surface area contributed by atoms with Crippen molar-refractivity contribution in [2.45, 2.75) is 18.2 Å². The molecule has 5 nitrogen and oxygen atoms in total. The maximum Gasteiger partial charge on any atom is 0.423 e. The van der Waals surface area contributed by atoms with E-state index in [0.29, 0.717) is 29.2 Å². The fourth-order valence-corrected chi connectivity index (χ4v) is 5.21. The molecule has 10 heteroatoms. The van der Waals surface area contributed by atoms with Crippen LogP contribution in [0.25, 0.3) is 0 Å². The number of alkyl halides is 3. The summed E-state index contributed by atoms with van der Waals surface area (Å²) >= 11 is 0.429. The first-order valence-corrected chi connectivity index (χ1v) is 11.1. The van der Waals surface area contributed by atoms with Gasteiger partial charge in [-0.3, -0.25) is 0 Å². The quantitative estimate of drug-likeness (QED) is 0.697. The average molecular weight is 439 g/mol. The highest BCUT2D eigenvalue weighted by Crippen LogP contribution is 2.46. The van der Waals surface area contributed by atoms with Gasteiger partial charge >= 0.3 is 6.18 Å². The van der Waals surface area contributed by atoms with Gasteiger partial charge in [-0.1, -0.05) is 42.1 Å². The van der Waals surface area contributed by atoms with Gasteiger partial charge in [0.1, 0.15) is 4.91 Å². The first kappa shape index (κ1) is 21.1. The van der Waals surface area contributed by atoms with E-state index in [9.17, 15) is 21.6 Å². The number of hydrogen-bond acceptors (Lipinski definition) is 5. The van der Waals surface area contributed by atoms with E-state index in [4.69, 9.17) is 5.26 Å². The van der Waals surface area contributed by atoms with Crippen molar-refractivity contribution in [1.82, 2.24) is 4.31 Å². The van der Waals surface area contributed by atoms with Crippen LogP contribution in [0.15, 0.2) is 65.7 Å². The number of thioether (sulfide) groups is 1. The Balaban J connectivity index is 2.05. The van der Waals surface area contributed by atoms with Crippen molar-refractivity contribution in [1.29, 1.82) is 5.26 Å². The van der Waals surface area contributed by atoms with E-state index in [2.05, 4.69) is 0 Å². The van der Waals surface area contributed by atoms with E-state index < -0.39 is 26.6 Å². The molecule has 0 N–H and O–H groups in total. The first-order chi connectivity index (χ1) is 13.6. The van der Waals surface area contributed by atoms with Crippen LogP contribution in [0.5, 0.6) is 0 Å². The maximum atomic E-state index is 13.3. The monoisotopic (exact) mass is 439 g/mol. The van der Waals surface area contributed by atoms with Gasteiger partial charge in [0.05, 0.1) is 17.9 Å². The smallest absolute Gasteiger partial charge is 0.337 e. The van der Waals surface area contributed by atoms with Gasteiger partial charge in [0.2, 0.25) is 10.0 Å². The van der Waals surface area contributed by atoms with Crippen molar-refractivity contribution in [2.75, 3.05) is 11.2 Å². The van der Waals surface area contributed by atoms with E-state index in [0.717, 1.165) is 16.1 Å². The van der Waals surface area contributed by atoms with Crippen molar-refractivity contribution in [3.8, 4) is 6.07 Å². The van der Waals surface area contributed by atoms with Gasteiger partial charge in [0.25, 0.3) is 0 Å². The van der Waals surface area contributed by atoms with E-state index in [1.807, 2.05) is 12.1 Å². The van der Waals surface area contributed by atoms with Crippen LogP contribution in [0, 0.1) is 11.3 Å². The molecule has 0 bridgehead atoms.